The van der Waals surface area contributed by atoms with Crippen molar-refractivity contribution in [2.24, 2.45) is 0 Å². The van der Waals surface area contributed by atoms with Gasteiger partial charge in [-0.2, -0.15) is 23.3 Å². The Kier molecular flexibility index (Phi) is 3.17. The molecule has 2 aromatic heterocycles. The Morgan fingerprint density at radius 3 is 2.43 bits per heavy atom. The summed E-state index contributed by atoms with van der Waals surface area (Å²) in [5, 5.41) is 7.49. The zero-order valence-electron chi connectivity index (χ0n) is 10.2. The number of benzene rings is 1. The molecule has 0 aliphatic carbocycles. The Morgan fingerprint density at radius 1 is 1.14 bits per heavy atom. The highest BCUT2D eigenvalue weighted by Gasteiger charge is 2.40. The van der Waals surface area contributed by atoms with Gasteiger partial charge in [0.25, 0.3) is 5.89 Å². The van der Waals surface area contributed by atoms with Crippen molar-refractivity contribution in [3.05, 3.63) is 47.5 Å². The van der Waals surface area contributed by atoms with E-state index >= 15 is 0 Å². The molecule has 0 spiro atoms. The van der Waals surface area contributed by atoms with E-state index in [0.29, 0.717) is 5.02 Å². The molecule has 0 amide bonds. The van der Waals surface area contributed by atoms with Crippen molar-refractivity contribution >= 4 is 11.6 Å². The van der Waals surface area contributed by atoms with Gasteiger partial charge in [0.05, 0.1) is 17.4 Å². The molecule has 5 nitrogen and oxygen atoms in total. The molecule has 0 N–H and O–H groups in total. The number of nitrogens with zero attached hydrogens (tertiary/aromatic N) is 4. The Bertz CT molecular complexity index is 750. The minimum absolute atomic E-state index is 0.220. The average molecular weight is 315 g/mol. The first-order valence-corrected chi connectivity index (χ1v) is 6.03. The number of hydrogen-bond acceptors (Lipinski definition) is 4. The fourth-order valence-corrected chi connectivity index (χ4v) is 1.97. The minimum Gasteiger partial charge on any atom is -0.334 e. The molecule has 9 heteroatoms. The van der Waals surface area contributed by atoms with Gasteiger partial charge in [-0.1, -0.05) is 16.8 Å². The summed E-state index contributed by atoms with van der Waals surface area (Å²) < 4.78 is 45.4. The highest BCUT2D eigenvalue weighted by molar-refractivity contribution is 6.30. The van der Waals surface area contributed by atoms with E-state index in [1.807, 2.05) is 0 Å². The van der Waals surface area contributed by atoms with Crippen LogP contribution in [0.5, 0.6) is 0 Å². The predicted molar refractivity (Wildman–Crippen MR) is 66.9 cm³/mol. The van der Waals surface area contributed by atoms with E-state index < -0.39 is 11.9 Å². The van der Waals surface area contributed by atoms with Crippen molar-refractivity contribution in [1.82, 2.24) is 19.9 Å². The second-order valence-electron chi connectivity index (χ2n) is 4.04. The third-order valence-electron chi connectivity index (χ3n) is 2.70. The molecule has 0 atom stereocenters. The molecular formula is C12H6ClF3N4O. The Labute approximate surface area is 121 Å². The van der Waals surface area contributed by atoms with E-state index in [0.717, 1.165) is 17.2 Å². The summed E-state index contributed by atoms with van der Waals surface area (Å²) >= 11 is 5.73. The first kappa shape index (κ1) is 13.6. The van der Waals surface area contributed by atoms with Crippen LogP contribution < -0.4 is 0 Å². The summed E-state index contributed by atoms with van der Waals surface area (Å²) in [4.78, 5) is 3.63. The van der Waals surface area contributed by atoms with Crippen molar-refractivity contribution < 1.29 is 17.7 Å². The third-order valence-corrected chi connectivity index (χ3v) is 2.95. The van der Waals surface area contributed by atoms with Crippen LogP contribution in [0.1, 0.15) is 5.69 Å². The lowest BCUT2D eigenvalue weighted by molar-refractivity contribution is -0.142. The molecule has 2 heterocycles. The molecule has 0 bridgehead atoms. The minimum atomic E-state index is -4.64. The van der Waals surface area contributed by atoms with Gasteiger partial charge in [0.15, 0.2) is 12.0 Å². The maximum Gasteiger partial charge on any atom is 0.434 e. The van der Waals surface area contributed by atoms with Crippen molar-refractivity contribution in [2.75, 3.05) is 0 Å². The fraction of sp³-hybridized carbons (Fsp3) is 0.0833. The summed E-state index contributed by atoms with van der Waals surface area (Å²) in [7, 11) is 0. The number of aromatic nitrogens is 4. The Morgan fingerprint density at radius 2 is 1.86 bits per heavy atom. The number of rotatable bonds is 2. The zero-order chi connectivity index (χ0) is 15.0. The highest BCUT2D eigenvalue weighted by Crippen LogP contribution is 2.37. The van der Waals surface area contributed by atoms with Crippen LogP contribution in [-0.4, -0.2) is 19.9 Å². The quantitative estimate of drug-likeness (QED) is 0.725. The number of alkyl halides is 3. The lowest BCUT2D eigenvalue weighted by atomic mass is 10.2. The smallest absolute Gasteiger partial charge is 0.334 e. The second-order valence-corrected chi connectivity index (χ2v) is 4.48. The topological polar surface area (TPSA) is 56.7 Å². The Balaban J connectivity index is 2.20. The number of halogens is 4. The van der Waals surface area contributed by atoms with Crippen LogP contribution in [0.4, 0.5) is 13.2 Å². The van der Waals surface area contributed by atoms with Gasteiger partial charge in [0.1, 0.15) is 0 Å². The van der Waals surface area contributed by atoms with Crippen molar-refractivity contribution in [3.63, 3.8) is 0 Å². The SMILES string of the molecule is FC(F)(F)c1c(-c2ncno2)cnn1-c1ccc(Cl)cc1. The first-order valence-electron chi connectivity index (χ1n) is 5.65. The summed E-state index contributed by atoms with van der Waals surface area (Å²) in [5.41, 5.74) is -1.05. The standard InChI is InChI=1S/C12H6ClF3N4O/c13-7-1-3-8(4-2-7)20-10(12(14,15)16)9(5-18-20)11-17-6-19-21-11/h1-6H. The molecule has 1 aromatic carbocycles. The molecule has 0 radical (unpaired) electrons. The molecular weight excluding hydrogens is 309 g/mol. The average Bonchev–Trinajstić information content (AvgIpc) is 3.07. The summed E-state index contributed by atoms with van der Waals surface area (Å²) in [6.45, 7) is 0. The lowest BCUT2D eigenvalue weighted by Crippen LogP contribution is -2.14. The first-order chi connectivity index (χ1) is 9.97. The summed E-state index contributed by atoms with van der Waals surface area (Å²) in [5.74, 6) is -0.248. The van der Waals surface area contributed by atoms with Gasteiger partial charge in [-0.25, -0.2) is 4.68 Å². The van der Waals surface area contributed by atoms with Gasteiger partial charge >= 0.3 is 6.18 Å². The van der Waals surface area contributed by atoms with E-state index in [9.17, 15) is 13.2 Å². The number of hydrogen-bond donors (Lipinski definition) is 0. The van der Waals surface area contributed by atoms with E-state index in [4.69, 9.17) is 11.6 Å². The van der Waals surface area contributed by atoms with E-state index in [-0.39, 0.29) is 17.1 Å². The molecule has 0 saturated carbocycles. The van der Waals surface area contributed by atoms with Crippen molar-refractivity contribution in [2.45, 2.75) is 6.18 Å². The van der Waals surface area contributed by atoms with Crippen LogP contribution in [0.3, 0.4) is 0 Å². The molecule has 3 rings (SSSR count). The third kappa shape index (κ3) is 2.49. The van der Waals surface area contributed by atoms with Crippen molar-refractivity contribution in [3.8, 4) is 17.1 Å². The summed E-state index contributed by atoms with van der Waals surface area (Å²) in [6.07, 6.45) is -2.58. The molecule has 0 saturated heterocycles. The monoisotopic (exact) mass is 314 g/mol. The molecule has 3 aromatic rings. The molecule has 108 valence electrons. The Hall–Kier alpha value is -2.35. The van der Waals surface area contributed by atoms with Crippen LogP contribution in [0.2, 0.25) is 5.02 Å². The summed E-state index contributed by atoms with van der Waals surface area (Å²) in [6, 6.07) is 5.82. The molecule has 0 unspecified atom stereocenters. The molecule has 0 fully saturated rings. The second kappa shape index (κ2) is 4.88. The molecule has 21 heavy (non-hydrogen) atoms. The van der Waals surface area contributed by atoms with E-state index in [1.54, 1.807) is 0 Å². The van der Waals surface area contributed by atoms with Crippen molar-refractivity contribution in [1.29, 1.82) is 0 Å². The van der Waals surface area contributed by atoms with Crippen LogP contribution >= 0.6 is 11.6 Å². The maximum absolute atomic E-state index is 13.3. The van der Waals surface area contributed by atoms with Gasteiger partial charge < -0.3 is 4.52 Å². The maximum atomic E-state index is 13.3. The van der Waals surface area contributed by atoms with E-state index in [2.05, 4.69) is 19.8 Å². The normalized spacial score (nSPS) is 11.8. The van der Waals surface area contributed by atoms with Crippen LogP contribution in [0.15, 0.2) is 41.3 Å². The lowest BCUT2D eigenvalue weighted by Gasteiger charge is -2.11. The molecule has 0 aliphatic rings. The van der Waals surface area contributed by atoms with Crippen LogP contribution in [0.25, 0.3) is 17.1 Å². The van der Waals surface area contributed by atoms with Crippen LogP contribution in [-0.2, 0) is 6.18 Å². The zero-order valence-corrected chi connectivity index (χ0v) is 10.9. The van der Waals surface area contributed by atoms with E-state index in [1.165, 1.54) is 24.3 Å². The highest BCUT2D eigenvalue weighted by atomic mass is 35.5. The van der Waals surface area contributed by atoms with Crippen LogP contribution in [0, 0.1) is 0 Å². The van der Waals surface area contributed by atoms with Gasteiger partial charge in [-0.05, 0) is 24.3 Å². The predicted octanol–water partition coefficient (Wildman–Crippen LogP) is 3.59. The van der Waals surface area contributed by atoms with Gasteiger partial charge in [0, 0.05) is 5.02 Å². The fourth-order valence-electron chi connectivity index (χ4n) is 1.85. The largest absolute Gasteiger partial charge is 0.434 e. The van der Waals surface area contributed by atoms with Gasteiger partial charge in [0.2, 0.25) is 0 Å². The molecule has 0 aliphatic heterocycles. The van der Waals surface area contributed by atoms with Gasteiger partial charge in [-0.15, -0.1) is 0 Å². The van der Waals surface area contributed by atoms with Gasteiger partial charge in [-0.3, -0.25) is 0 Å².